The minimum Gasteiger partial charge on any atom is -0.376 e. The topological polar surface area (TPSA) is 36.9 Å². The van der Waals surface area contributed by atoms with Gasteiger partial charge in [-0.15, -0.1) is 0 Å². The fourth-order valence-corrected chi connectivity index (χ4v) is 2.04. The highest BCUT2D eigenvalue weighted by atomic mass is 16.6. The molecule has 0 aromatic heterocycles. The highest BCUT2D eigenvalue weighted by molar-refractivity contribution is 4.95. The van der Waals surface area contributed by atoms with Gasteiger partial charge in [-0.05, 0) is 6.42 Å². The monoisotopic (exact) mass is 202 g/mol. The maximum absolute atomic E-state index is 5.65. The van der Waals surface area contributed by atoms with Crippen molar-refractivity contribution in [2.45, 2.75) is 37.8 Å². The summed E-state index contributed by atoms with van der Waals surface area (Å²) in [4.78, 5) is 0. The number of rotatable bonds is 4. The fraction of sp³-hybridized carbons (Fsp3) is 1.00. The lowest BCUT2D eigenvalue weighted by atomic mass is 10.1. The van der Waals surface area contributed by atoms with Crippen LogP contribution in [-0.2, 0) is 18.9 Å². The van der Waals surface area contributed by atoms with Crippen molar-refractivity contribution in [1.29, 1.82) is 0 Å². The zero-order valence-electron chi connectivity index (χ0n) is 8.77. The highest BCUT2D eigenvalue weighted by Crippen LogP contribution is 2.30. The summed E-state index contributed by atoms with van der Waals surface area (Å²) >= 11 is 0. The van der Waals surface area contributed by atoms with Crippen molar-refractivity contribution in [3.05, 3.63) is 0 Å². The number of hydrogen-bond acceptors (Lipinski definition) is 4. The highest BCUT2D eigenvalue weighted by Gasteiger charge is 2.48. The van der Waals surface area contributed by atoms with E-state index >= 15 is 0 Å². The average molecular weight is 202 g/mol. The molecule has 2 aliphatic heterocycles. The van der Waals surface area contributed by atoms with Crippen molar-refractivity contribution < 1.29 is 18.9 Å². The third-order valence-electron chi connectivity index (χ3n) is 2.80. The maximum atomic E-state index is 5.65. The SMILES string of the molecule is CCCO[C@H]1CO[C@H]2[C@@H]1OC[C@H]2OC. The van der Waals surface area contributed by atoms with Gasteiger partial charge in [0.25, 0.3) is 0 Å². The molecule has 4 heteroatoms. The molecule has 2 fully saturated rings. The van der Waals surface area contributed by atoms with Gasteiger partial charge in [0, 0.05) is 13.7 Å². The molecule has 0 bridgehead atoms. The Morgan fingerprint density at radius 2 is 1.79 bits per heavy atom. The van der Waals surface area contributed by atoms with E-state index in [1.54, 1.807) is 7.11 Å². The van der Waals surface area contributed by atoms with Crippen LogP contribution in [0.2, 0.25) is 0 Å². The molecule has 14 heavy (non-hydrogen) atoms. The number of methoxy groups -OCH3 is 1. The number of hydrogen-bond donors (Lipinski definition) is 0. The first-order chi connectivity index (χ1) is 6.86. The van der Waals surface area contributed by atoms with E-state index < -0.39 is 0 Å². The molecule has 2 aliphatic rings. The summed E-state index contributed by atoms with van der Waals surface area (Å²) in [5.41, 5.74) is 0. The van der Waals surface area contributed by atoms with E-state index in [2.05, 4.69) is 6.92 Å². The molecule has 0 aliphatic carbocycles. The molecule has 0 aromatic rings. The van der Waals surface area contributed by atoms with E-state index in [0.717, 1.165) is 13.0 Å². The quantitative estimate of drug-likeness (QED) is 0.668. The lowest BCUT2D eigenvalue weighted by molar-refractivity contribution is -0.0415. The van der Waals surface area contributed by atoms with Gasteiger partial charge in [0.05, 0.1) is 13.2 Å². The third-order valence-corrected chi connectivity index (χ3v) is 2.80. The van der Waals surface area contributed by atoms with E-state index in [4.69, 9.17) is 18.9 Å². The van der Waals surface area contributed by atoms with Crippen LogP contribution in [0.5, 0.6) is 0 Å². The van der Waals surface area contributed by atoms with E-state index in [1.165, 1.54) is 0 Å². The van der Waals surface area contributed by atoms with Gasteiger partial charge in [0.1, 0.15) is 24.4 Å². The minimum atomic E-state index is 0.0712. The Hall–Kier alpha value is -0.160. The fourth-order valence-electron chi connectivity index (χ4n) is 2.04. The second-order valence-corrected chi connectivity index (χ2v) is 3.78. The van der Waals surface area contributed by atoms with Gasteiger partial charge in [-0.3, -0.25) is 0 Å². The molecule has 2 rings (SSSR count). The second kappa shape index (κ2) is 4.57. The summed E-state index contributed by atoms with van der Waals surface area (Å²) in [6, 6.07) is 0. The van der Waals surface area contributed by atoms with Crippen LogP contribution in [0.1, 0.15) is 13.3 Å². The smallest absolute Gasteiger partial charge is 0.115 e. The Balaban J connectivity index is 1.87. The molecule has 0 amide bonds. The predicted octanol–water partition coefficient (Wildman–Crippen LogP) is 0.594. The summed E-state index contributed by atoms with van der Waals surface area (Å²) < 4.78 is 22.2. The van der Waals surface area contributed by atoms with Crippen LogP contribution < -0.4 is 0 Å². The van der Waals surface area contributed by atoms with Crippen molar-refractivity contribution >= 4 is 0 Å². The van der Waals surface area contributed by atoms with Crippen LogP contribution >= 0.6 is 0 Å². The molecule has 0 saturated carbocycles. The standard InChI is InChI=1S/C10H18O4/c1-3-4-12-8-6-14-9-7(11-2)5-13-10(8)9/h7-10H,3-6H2,1-2H3/t7-,8+,9-,10-/m1/s1. The largest absolute Gasteiger partial charge is 0.376 e. The lowest BCUT2D eigenvalue weighted by Gasteiger charge is -2.16. The van der Waals surface area contributed by atoms with Crippen LogP contribution in [-0.4, -0.2) is 51.3 Å². The zero-order valence-corrected chi connectivity index (χ0v) is 8.77. The first-order valence-electron chi connectivity index (χ1n) is 5.24. The Kier molecular flexibility index (Phi) is 3.38. The van der Waals surface area contributed by atoms with Gasteiger partial charge in [-0.25, -0.2) is 0 Å². The van der Waals surface area contributed by atoms with Gasteiger partial charge in [0.2, 0.25) is 0 Å². The summed E-state index contributed by atoms with van der Waals surface area (Å²) in [6.45, 7) is 4.13. The summed E-state index contributed by atoms with van der Waals surface area (Å²) in [7, 11) is 1.69. The van der Waals surface area contributed by atoms with E-state index in [-0.39, 0.29) is 24.4 Å². The molecule has 2 saturated heterocycles. The van der Waals surface area contributed by atoms with Gasteiger partial charge in [-0.1, -0.05) is 6.92 Å². The summed E-state index contributed by atoms with van der Waals surface area (Å²) in [5, 5.41) is 0. The maximum Gasteiger partial charge on any atom is 0.115 e. The third kappa shape index (κ3) is 1.80. The Morgan fingerprint density at radius 3 is 2.43 bits per heavy atom. The van der Waals surface area contributed by atoms with Crippen molar-refractivity contribution in [1.82, 2.24) is 0 Å². The molecule has 2 heterocycles. The summed E-state index contributed by atoms with van der Waals surface area (Å²) in [6.07, 6.45) is 1.35. The molecular formula is C10H18O4. The molecular weight excluding hydrogens is 184 g/mol. The lowest BCUT2D eigenvalue weighted by Crippen LogP contribution is -2.33. The van der Waals surface area contributed by atoms with E-state index in [1.807, 2.05) is 0 Å². The van der Waals surface area contributed by atoms with E-state index in [9.17, 15) is 0 Å². The van der Waals surface area contributed by atoms with Crippen LogP contribution in [0.4, 0.5) is 0 Å². The molecule has 4 atom stereocenters. The predicted molar refractivity (Wildman–Crippen MR) is 50.3 cm³/mol. The van der Waals surface area contributed by atoms with Crippen LogP contribution in [0, 0.1) is 0 Å². The second-order valence-electron chi connectivity index (χ2n) is 3.78. The first kappa shape index (κ1) is 10.4. The molecule has 0 N–H and O–H groups in total. The Bertz CT molecular complexity index is 185. The Morgan fingerprint density at radius 1 is 1.14 bits per heavy atom. The van der Waals surface area contributed by atoms with Crippen LogP contribution in [0.3, 0.4) is 0 Å². The van der Waals surface area contributed by atoms with Gasteiger partial charge in [-0.2, -0.15) is 0 Å². The van der Waals surface area contributed by atoms with Crippen molar-refractivity contribution in [2.75, 3.05) is 26.9 Å². The van der Waals surface area contributed by atoms with Gasteiger partial charge < -0.3 is 18.9 Å². The normalized spacial score (nSPS) is 41.6. The Labute approximate surface area is 84.5 Å². The first-order valence-corrected chi connectivity index (χ1v) is 5.24. The van der Waals surface area contributed by atoms with Crippen molar-refractivity contribution in [3.63, 3.8) is 0 Å². The zero-order chi connectivity index (χ0) is 9.97. The van der Waals surface area contributed by atoms with Gasteiger partial charge >= 0.3 is 0 Å². The summed E-state index contributed by atoms with van der Waals surface area (Å²) in [5.74, 6) is 0. The van der Waals surface area contributed by atoms with Crippen molar-refractivity contribution in [2.24, 2.45) is 0 Å². The molecule has 0 aromatic carbocycles. The van der Waals surface area contributed by atoms with Crippen LogP contribution in [0.15, 0.2) is 0 Å². The minimum absolute atomic E-state index is 0.0712. The molecule has 0 spiro atoms. The molecule has 4 nitrogen and oxygen atoms in total. The van der Waals surface area contributed by atoms with Gasteiger partial charge in [0.15, 0.2) is 0 Å². The van der Waals surface area contributed by atoms with E-state index in [0.29, 0.717) is 13.2 Å². The molecule has 0 unspecified atom stereocenters. The molecule has 0 radical (unpaired) electrons. The molecule has 82 valence electrons. The average Bonchev–Trinajstić information content (AvgIpc) is 2.75. The van der Waals surface area contributed by atoms with Crippen molar-refractivity contribution in [3.8, 4) is 0 Å². The number of ether oxygens (including phenoxy) is 4. The van der Waals surface area contributed by atoms with Crippen LogP contribution in [0.25, 0.3) is 0 Å². The number of fused-ring (bicyclic) bond motifs is 1.